The lowest BCUT2D eigenvalue weighted by atomic mass is 10.2. The Labute approximate surface area is 153 Å². The highest BCUT2D eigenvalue weighted by atomic mass is 35.5. The molecule has 2 aliphatic heterocycles. The molecule has 1 unspecified atom stereocenters. The van der Waals surface area contributed by atoms with Gasteiger partial charge in [0.25, 0.3) is 5.91 Å². The molecule has 0 bridgehead atoms. The van der Waals surface area contributed by atoms with E-state index in [1.165, 1.54) is 16.6 Å². The van der Waals surface area contributed by atoms with Crippen LogP contribution in [0.4, 0.5) is 0 Å². The Morgan fingerprint density at radius 2 is 2.00 bits per heavy atom. The summed E-state index contributed by atoms with van der Waals surface area (Å²) in [4.78, 5) is 17.4. The predicted molar refractivity (Wildman–Crippen MR) is 97.5 cm³/mol. The minimum atomic E-state index is -3.51. The normalized spacial score (nSPS) is 22.9. The van der Waals surface area contributed by atoms with Crippen LogP contribution in [-0.4, -0.2) is 78.8 Å². The highest BCUT2D eigenvalue weighted by Crippen LogP contribution is 2.21. The van der Waals surface area contributed by atoms with Crippen LogP contribution in [0.1, 0.15) is 17.4 Å². The molecule has 2 aliphatic rings. The number of thioether (sulfide) groups is 1. The Kier molecular flexibility index (Phi) is 6.60. The number of amides is 1. The number of piperazine rings is 1. The van der Waals surface area contributed by atoms with E-state index in [1.807, 2.05) is 6.92 Å². The maximum Gasteiger partial charge on any atom is 0.270 e. The fourth-order valence-electron chi connectivity index (χ4n) is 2.88. The molecule has 0 saturated carbocycles. The topological polar surface area (TPSA) is 85.5 Å². The van der Waals surface area contributed by atoms with Crippen LogP contribution < -0.4 is 5.32 Å². The SMILES string of the molecule is CC1CNCCN1C(=O)c1cc(S(=O)(=O)N2CCSCC2)c[nH]1.Cl. The summed E-state index contributed by atoms with van der Waals surface area (Å²) in [6.07, 6.45) is 1.43. The second kappa shape index (κ2) is 8.09. The molecule has 136 valence electrons. The van der Waals surface area contributed by atoms with Gasteiger partial charge in [0, 0.05) is 56.5 Å². The predicted octanol–water partition coefficient (Wildman–Crippen LogP) is 0.608. The summed E-state index contributed by atoms with van der Waals surface area (Å²) in [6.45, 7) is 5.17. The van der Waals surface area contributed by atoms with E-state index >= 15 is 0 Å². The molecule has 0 aromatic carbocycles. The van der Waals surface area contributed by atoms with Gasteiger partial charge in [0.05, 0.1) is 0 Å². The monoisotopic (exact) mass is 394 g/mol. The Balaban J connectivity index is 0.00000208. The first-order valence-electron chi connectivity index (χ1n) is 7.78. The number of aromatic amines is 1. The lowest BCUT2D eigenvalue weighted by Crippen LogP contribution is -2.52. The summed E-state index contributed by atoms with van der Waals surface area (Å²) < 4.78 is 26.7. The Morgan fingerprint density at radius 1 is 1.29 bits per heavy atom. The van der Waals surface area contributed by atoms with Gasteiger partial charge in [0.2, 0.25) is 10.0 Å². The largest absolute Gasteiger partial charge is 0.356 e. The Bertz CT molecular complexity index is 673. The third kappa shape index (κ3) is 3.91. The summed E-state index contributed by atoms with van der Waals surface area (Å²) in [5.41, 5.74) is 0.337. The standard InChI is InChI=1S/C14H22N4O3S2.ClH/c1-11-9-15-2-3-18(11)14(19)13-8-12(10-16-13)23(20,21)17-4-6-22-7-5-17;/h8,10-11,15-16H,2-7,9H2,1H3;1H. The van der Waals surface area contributed by atoms with Crippen LogP contribution in [0.15, 0.2) is 17.2 Å². The zero-order valence-corrected chi connectivity index (χ0v) is 16.0. The van der Waals surface area contributed by atoms with Crippen molar-refractivity contribution in [1.29, 1.82) is 0 Å². The number of carbonyl (C=O) groups excluding carboxylic acids is 1. The molecule has 1 atom stereocenters. The maximum absolute atomic E-state index is 12.6. The zero-order chi connectivity index (χ0) is 16.4. The average molecular weight is 395 g/mol. The minimum absolute atomic E-state index is 0. The van der Waals surface area contributed by atoms with Gasteiger partial charge in [-0.05, 0) is 13.0 Å². The van der Waals surface area contributed by atoms with E-state index in [2.05, 4.69) is 10.3 Å². The second-order valence-corrected chi connectivity index (χ2v) is 8.98. The molecule has 2 N–H and O–H groups in total. The molecule has 2 saturated heterocycles. The molecule has 2 fully saturated rings. The van der Waals surface area contributed by atoms with Gasteiger partial charge in [-0.2, -0.15) is 16.1 Å². The van der Waals surface area contributed by atoms with Crippen molar-refractivity contribution in [3.8, 4) is 0 Å². The quantitative estimate of drug-likeness (QED) is 0.784. The van der Waals surface area contributed by atoms with E-state index in [-0.39, 0.29) is 29.3 Å². The first kappa shape index (κ1) is 19.6. The summed E-state index contributed by atoms with van der Waals surface area (Å²) >= 11 is 1.76. The average Bonchev–Trinajstić information content (AvgIpc) is 3.06. The molecule has 7 nitrogen and oxygen atoms in total. The summed E-state index contributed by atoms with van der Waals surface area (Å²) in [5.74, 6) is 1.48. The van der Waals surface area contributed by atoms with E-state index in [4.69, 9.17) is 0 Å². The van der Waals surface area contributed by atoms with Crippen molar-refractivity contribution < 1.29 is 13.2 Å². The first-order chi connectivity index (χ1) is 11.0. The summed E-state index contributed by atoms with van der Waals surface area (Å²) in [7, 11) is -3.51. The molecule has 1 aromatic rings. The molecule has 10 heteroatoms. The van der Waals surface area contributed by atoms with Gasteiger partial charge in [-0.1, -0.05) is 0 Å². The van der Waals surface area contributed by atoms with E-state index < -0.39 is 10.0 Å². The van der Waals surface area contributed by atoms with Crippen molar-refractivity contribution in [3.05, 3.63) is 18.0 Å². The van der Waals surface area contributed by atoms with Crippen molar-refractivity contribution in [1.82, 2.24) is 19.5 Å². The van der Waals surface area contributed by atoms with Gasteiger partial charge in [-0.15, -0.1) is 12.4 Å². The second-order valence-electron chi connectivity index (χ2n) is 5.82. The van der Waals surface area contributed by atoms with Gasteiger partial charge in [-0.3, -0.25) is 4.79 Å². The summed E-state index contributed by atoms with van der Waals surface area (Å²) in [6, 6.07) is 1.56. The van der Waals surface area contributed by atoms with Crippen LogP contribution in [0.5, 0.6) is 0 Å². The fourth-order valence-corrected chi connectivity index (χ4v) is 5.45. The number of nitrogens with zero attached hydrogens (tertiary/aromatic N) is 2. The van der Waals surface area contributed by atoms with Gasteiger partial charge in [0.15, 0.2) is 0 Å². The number of halogens is 1. The molecular formula is C14H23ClN4O3S2. The number of nitrogens with one attached hydrogen (secondary N) is 2. The summed E-state index contributed by atoms with van der Waals surface area (Å²) in [5, 5.41) is 3.23. The highest BCUT2D eigenvalue weighted by Gasteiger charge is 2.30. The highest BCUT2D eigenvalue weighted by molar-refractivity contribution is 7.99. The van der Waals surface area contributed by atoms with Crippen molar-refractivity contribution in [2.45, 2.75) is 17.9 Å². The van der Waals surface area contributed by atoms with Gasteiger partial charge >= 0.3 is 0 Å². The van der Waals surface area contributed by atoms with Crippen LogP contribution in [0.3, 0.4) is 0 Å². The molecule has 24 heavy (non-hydrogen) atoms. The molecule has 3 rings (SSSR count). The molecule has 1 amide bonds. The molecule has 1 aromatic heterocycles. The third-order valence-electron chi connectivity index (χ3n) is 4.26. The number of hydrogen-bond acceptors (Lipinski definition) is 5. The van der Waals surface area contributed by atoms with Gasteiger partial charge in [0.1, 0.15) is 10.6 Å². The molecule has 0 aliphatic carbocycles. The number of sulfonamides is 1. The number of hydrogen-bond donors (Lipinski definition) is 2. The van der Waals surface area contributed by atoms with Crippen LogP contribution in [0, 0.1) is 0 Å². The van der Waals surface area contributed by atoms with E-state index in [0.29, 0.717) is 25.3 Å². The molecule has 3 heterocycles. The number of rotatable bonds is 3. The van der Waals surface area contributed by atoms with E-state index in [9.17, 15) is 13.2 Å². The number of aromatic nitrogens is 1. The Morgan fingerprint density at radius 3 is 2.67 bits per heavy atom. The van der Waals surface area contributed by atoms with Crippen LogP contribution in [0.2, 0.25) is 0 Å². The van der Waals surface area contributed by atoms with Crippen molar-refractivity contribution >= 4 is 40.1 Å². The van der Waals surface area contributed by atoms with Crippen LogP contribution >= 0.6 is 24.2 Å². The molecule has 0 radical (unpaired) electrons. The van der Waals surface area contributed by atoms with Crippen molar-refractivity contribution in [3.63, 3.8) is 0 Å². The number of carbonyl (C=O) groups is 1. The Hall–Kier alpha value is -0.740. The lowest BCUT2D eigenvalue weighted by Gasteiger charge is -2.33. The van der Waals surface area contributed by atoms with E-state index in [1.54, 1.807) is 16.7 Å². The molecular weight excluding hydrogens is 372 g/mol. The molecule has 0 spiro atoms. The van der Waals surface area contributed by atoms with Gasteiger partial charge in [-0.25, -0.2) is 8.42 Å². The van der Waals surface area contributed by atoms with E-state index in [0.717, 1.165) is 24.6 Å². The minimum Gasteiger partial charge on any atom is -0.356 e. The first-order valence-corrected chi connectivity index (χ1v) is 10.4. The fraction of sp³-hybridized carbons (Fsp3) is 0.643. The number of H-pyrrole nitrogens is 1. The third-order valence-corrected chi connectivity index (χ3v) is 7.08. The van der Waals surface area contributed by atoms with Gasteiger partial charge < -0.3 is 15.2 Å². The zero-order valence-electron chi connectivity index (χ0n) is 13.5. The smallest absolute Gasteiger partial charge is 0.270 e. The van der Waals surface area contributed by atoms with Crippen molar-refractivity contribution in [2.24, 2.45) is 0 Å². The van der Waals surface area contributed by atoms with Crippen LogP contribution in [-0.2, 0) is 10.0 Å². The maximum atomic E-state index is 12.6. The van der Waals surface area contributed by atoms with Crippen LogP contribution in [0.25, 0.3) is 0 Å². The van der Waals surface area contributed by atoms with Crippen molar-refractivity contribution in [2.75, 3.05) is 44.2 Å². The lowest BCUT2D eigenvalue weighted by molar-refractivity contribution is 0.0650.